The van der Waals surface area contributed by atoms with E-state index in [2.05, 4.69) is 43.0 Å². The Morgan fingerprint density at radius 3 is 2.87 bits per heavy atom. The molecule has 0 spiro atoms. The Morgan fingerprint density at radius 1 is 1.27 bits per heavy atom. The van der Waals surface area contributed by atoms with Crippen molar-refractivity contribution in [1.82, 2.24) is 20.5 Å². The third kappa shape index (κ3) is 6.66. The number of nitrogens with one attached hydrogen (secondary N) is 2. The van der Waals surface area contributed by atoms with Gasteiger partial charge in [0.2, 0.25) is 5.88 Å². The molecule has 0 saturated carbocycles. The van der Waals surface area contributed by atoms with Gasteiger partial charge in [-0.3, -0.25) is 9.89 Å². The summed E-state index contributed by atoms with van der Waals surface area (Å²) in [6.45, 7) is 5.76. The molecule has 30 heavy (non-hydrogen) atoms. The summed E-state index contributed by atoms with van der Waals surface area (Å²) in [5.41, 5.74) is 0.972. The molecule has 1 aliphatic heterocycles. The van der Waals surface area contributed by atoms with Crippen LogP contribution in [0.2, 0.25) is 0 Å². The summed E-state index contributed by atoms with van der Waals surface area (Å²) < 4.78 is 16.3. The van der Waals surface area contributed by atoms with E-state index in [4.69, 9.17) is 14.2 Å². The van der Waals surface area contributed by atoms with Gasteiger partial charge in [0.05, 0.1) is 25.9 Å². The van der Waals surface area contributed by atoms with Crippen molar-refractivity contribution in [2.45, 2.75) is 12.6 Å². The Labute approximate surface area is 182 Å². The van der Waals surface area contributed by atoms with Crippen LogP contribution in [-0.2, 0) is 16.0 Å². The Balaban J connectivity index is 1.56. The summed E-state index contributed by atoms with van der Waals surface area (Å²) in [7, 11) is 3.43. The van der Waals surface area contributed by atoms with Crippen molar-refractivity contribution in [1.29, 1.82) is 0 Å². The number of hydrogen-bond acceptors (Lipinski definition) is 7. The Morgan fingerprint density at radius 2 is 2.13 bits per heavy atom. The van der Waals surface area contributed by atoms with Gasteiger partial charge in [0.25, 0.3) is 0 Å². The summed E-state index contributed by atoms with van der Waals surface area (Å²) >= 11 is 1.79. The van der Waals surface area contributed by atoms with E-state index in [-0.39, 0.29) is 0 Å². The molecule has 0 radical (unpaired) electrons. The highest BCUT2D eigenvalue weighted by atomic mass is 32.1. The van der Waals surface area contributed by atoms with Crippen molar-refractivity contribution in [3.05, 3.63) is 46.3 Å². The number of nitrogens with zero attached hydrogens (tertiary/aromatic N) is 3. The fourth-order valence-electron chi connectivity index (χ4n) is 3.28. The van der Waals surface area contributed by atoms with Gasteiger partial charge in [-0.05, 0) is 17.5 Å². The van der Waals surface area contributed by atoms with Gasteiger partial charge in [0, 0.05) is 57.0 Å². The van der Waals surface area contributed by atoms with Gasteiger partial charge < -0.3 is 24.8 Å². The summed E-state index contributed by atoms with van der Waals surface area (Å²) in [6, 6.07) is 8.49. The van der Waals surface area contributed by atoms with Crippen LogP contribution in [0.1, 0.15) is 16.5 Å². The molecule has 1 saturated heterocycles. The number of hydrogen-bond donors (Lipinski definition) is 2. The summed E-state index contributed by atoms with van der Waals surface area (Å²) in [5, 5.41) is 8.98. The Hall–Kier alpha value is -2.20. The maximum Gasteiger partial charge on any atom is 0.218 e. The molecule has 3 rings (SSSR count). The maximum atomic E-state index is 5.72. The predicted octanol–water partition coefficient (Wildman–Crippen LogP) is 1.91. The zero-order chi connectivity index (χ0) is 21.0. The smallest absolute Gasteiger partial charge is 0.218 e. The second-order valence-corrected chi connectivity index (χ2v) is 7.77. The molecule has 0 amide bonds. The molecule has 2 aromatic heterocycles. The normalized spacial score (nSPS) is 16.3. The van der Waals surface area contributed by atoms with Crippen LogP contribution >= 0.6 is 11.3 Å². The van der Waals surface area contributed by atoms with Gasteiger partial charge in [-0.1, -0.05) is 12.1 Å². The van der Waals surface area contributed by atoms with Gasteiger partial charge in [-0.15, -0.1) is 11.3 Å². The molecule has 0 bridgehead atoms. The first-order chi connectivity index (χ1) is 14.8. The van der Waals surface area contributed by atoms with E-state index in [9.17, 15) is 0 Å². The highest BCUT2D eigenvalue weighted by Gasteiger charge is 2.23. The quantitative estimate of drug-likeness (QED) is 0.337. The van der Waals surface area contributed by atoms with E-state index in [1.54, 1.807) is 31.7 Å². The third-order valence-corrected chi connectivity index (χ3v) is 5.84. The largest absolute Gasteiger partial charge is 0.475 e. The van der Waals surface area contributed by atoms with Crippen LogP contribution in [0, 0.1) is 0 Å². The average Bonchev–Trinajstić information content (AvgIpc) is 3.32. The molecule has 1 fully saturated rings. The molecule has 1 unspecified atom stereocenters. The van der Waals surface area contributed by atoms with Crippen LogP contribution in [-0.4, -0.2) is 76.1 Å². The van der Waals surface area contributed by atoms with Crippen molar-refractivity contribution in [3.63, 3.8) is 0 Å². The molecule has 1 aliphatic rings. The SMILES string of the molecule is CN=C(NCc1cccnc1OCCOC)NCC(c1cccs1)N1CCOCC1. The average molecular weight is 434 g/mol. The number of methoxy groups -OCH3 is 1. The van der Waals surface area contributed by atoms with E-state index in [0.717, 1.165) is 44.4 Å². The van der Waals surface area contributed by atoms with Crippen molar-refractivity contribution < 1.29 is 14.2 Å². The van der Waals surface area contributed by atoms with Gasteiger partial charge >= 0.3 is 0 Å². The number of ether oxygens (including phenoxy) is 3. The molecule has 0 aliphatic carbocycles. The number of guanidine groups is 1. The van der Waals surface area contributed by atoms with Crippen LogP contribution in [0.5, 0.6) is 5.88 Å². The second kappa shape index (κ2) is 12.5. The third-order valence-electron chi connectivity index (χ3n) is 4.87. The van der Waals surface area contributed by atoms with E-state index in [1.165, 1.54) is 4.88 Å². The van der Waals surface area contributed by atoms with Crippen molar-refractivity contribution in [3.8, 4) is 5.88 Å². The zero-order valence-electron chi connectivity index (χ0n) is 17.7. The molecule has 8 nitrogen and oxygen atoms in total. The number of rotatable bonds is 10. The van der Waals surface area contributed by atoms with E-state index in [0.29, 0.717) is 31.7 Å². The first kappa shape index (κ1) is 22.5. The molecule has 9 heteroatoms. The lowest BCUT2D eigenvalue weighted by molar-refractivity contribution is 0.0177. The molecule has 2 aromatic rings. The van der Waals surface area contributed by atoms with Gasteiger partial charge in [-0.25, -0.2) is 4.98 Å². The van der Waals surface area contributed by atoms with Crippen molar-refractivity contribution in [2.75, 3.05) is 60.2 Å². The molecule has 2 N–H and O–H groups in total. The van der Waals surface area contributed by atoms with Crippen molar-refractivity contribution in [2.24, 2.45) is 4.99 Å². The fourth-order valence-corrected chi connectivity index (χ4v) is 4.14. The van der Waals surface area contributed by atoms with Crippen LogP contribution in [0.3, 0.4) is 0 Å². The van der Waals surface area contributed by atoms with Gasteiger partial charge in [0.15, 0.2) is 5.96 Å². The lowest BCUT2D eigenvalue weighted by atomic mass is 10.2. The summed E-state index contributed by atoms with van der Waals surface area (Å²) in [5.74, 6) is 1.36. The Kier molecular flexibility index (Phi) is 9.36. The van der Waals surface area contributed by atoms with E-state index in [1.807, 2.05) is 12.1 Å². The number of aliphatic imine (C=N–C) groups is 1. The monoisotopic (exact) mass is 433 g/mol. The molecular formula is C21H31N5O3S. The maximum absolute atomic E-state index is 5.72. The Bertz CT molecular complexity index is 766. The minimum atomic E-state index is 0.291. The molecular weight excluding hydrogens is 402 g/mol. The molecule has 164 valence electrons. The standard InChI is InChI=1S/C21H31N5O3S/c1-22-21(24-15-17-5-3-7-23-20(17)29-13-12-27-2)25-16-18(19-6-4-14-30-19)26-8-10-28-11-9-26/h3-7,14,18H,8-13,15-16H2,1-2H3,(H2,22,24,25). The predicted molar refractivity (Wildman–Crippen MR) is 119 cm³/mol. The van der Waals surface area contributed by atoms with Gasteiger partial charge in [0.1, 0.15) is 6.61 Å². The molecule has 0 aromatic carbocycles. The first-order valence-corrected chi connectivity index (χ1v) is 11.0. The number of aromatic nitrogens is 1. The first-order valence-electron chi connectivity index (χ1n) is 10.2. The van der Waals surface area contributed by atoms with Crippen LogP contribution in [0.4, 0.5) is 0 Å². The second-order valence-electron chi connectivity index (χ2n) is 6.80. The number of thiophene rings is 1. The van der Waals surface area contributed by atoms with E-state index >= 15 is 0 Å². The van der Waals surface area contributed by atoms with Crippen LogP contribution < -0.4 is 15.4 Å². The van der Waals surface area contributed by atoms with Crippen molar-refractivity contribution >= 4 is 17.3 Å². The molecule has 1 atom stereocenters. The lowest BCUT2D eigenvalue weighted by Gasteiger charge is -2.34. The fraction of sp³-hybridized carbons (Fsp3) is 0.524. The van der Waals surface area contributed by atoms with Crippen LogP contribution in [0.15, 0.2) is 40.8 Å². The summed E-state index contributed by atoms with van der Waals surface area (Å²) in [4.78, 5) is 12.5. The van der Waals surface area contributed by atoms with Gasteiger partial charge in [-0.2, -0.15) is 0 Å². The zero-order valence-corrected chi connectivity index (χ0v) is 18.5. The number of morpholine rings is 1. The van der Waals surface area contributed by atoms with Crippen LogP contribution in [0.25, 0.3) is 0 Å². The highest BCUT2D eigenvalue weighted by molar-refractivity contribution is 7.10. The molecule has 3 heterocycles. The topological polar surface area (TPSA) is 80.2 Å². The minimum Gasteiger partial charge on any atom is -0.475 e. The highest BCUT2D eigenvalue weighted by Crippen LogP contribution is 2.25. The lowest BCUT2D eigenvalue weighted by Crippen LogP contribution is -2.46. The summed E-state index contributed by atoms with van der Waals surface area (Å²) in [6.07, 6.45) is 1.73. The minimum absolute atomic E-state index is 0.291. The number of pyridine rings is 1. The van der Waals surface area contributed by atoms with E-state index < -0.39 is 0 Å².